The Balaban J connectivity index is 2.04. The van der Waals surface area contributed by atoms with Crippen LogP contribution in [0.3, 0.4) is 0 Å². The van der Waals surface area contributed by atoms with Gasteiger partial charge in [-0.05, 0) is 48.3 Å². The average Bonchev–Trinajstić information content (AvgIpc) is 3.01. The number of carbonyl (C=O) groups excluding carboxylic acids is 2. The minimum atomic E-state index is -0.159. The molecule has 1 aromatic heterocycles. The summed E-state index contributed by atoms with van der Waals surface area (Å²) >= 11 is 2.01. The predicted molar refractivity (Wildman–Crippen MR) is 68.9 cm³/mol. The van der Waals surface area contributed by atoms with Gasteiger partial charge in [-0.3, -0.25) is 14.3 Å². The first-order chi connectivity index (χ1) is 8.08. The summed E-state index contributed by atoms with van der Waals surface area (Å²) in [5.41, 5.74) is 0.885. The molecule has 17 heavy (non-hydrogen) atoms. The number of fused-ring (bicyclic) bond motifs is 1. The third-order valence-electron chi connectivity index (χ3n) is 3.35. The quantitative estimate of drug-likeness (QED) is 0.648. The molecule has 0 radical (unpaired) electrons. The molecule has 90 valence electrons. The first-order valence-corrected chi connectivity index (χ1v) is 6.74. The highest BCUT2D eigenvalue weighted by atomic mass is 127. The van der Waals surface area contributed by atoms with Crippen LogP contribution in [0.4, 0.5) is 0 Å². The van der Waals surface area contributed by atoms with Gasteiger partial charge in [0.2, 0.25) is 0 Å². The van der Waals surface area contributed by atoms with Gasteiger partial charge < -0.3 is 5.32 Å². The van der Waals surface area contributed by atoms with Gasteiger partial charge in [-0.1, -0.05) is 0 Å². The van der Waals surface area contributed by atoms with Crippen LogP contribution in [-0.4, -0.2) is 27.5 Å². The van der Waals surface area contributed by atoms with Gasteiger partial charge in [-0.25, -0.2) is 0 Å². The fourth-order valence-electron chi connectivity index (χ4n) is 2.34. The topological polar surface area (TPSA) is 64.0 Å². The van der Waals surface area contributed by atoms with Gasteiger partial charge in [-0.15, -0.1) is 0 Å². The van der Waals surface area contributed by atoms with Gasteiger partial charge in [-0.2, -0.15) is 5.10 Å². The van der Waals surface area contributed by atoms with Crippen molar-refractivity contribution in [2.75, 3.05) is 0 Å². The second kappa shape index (κ2) is 3.79. The van der Waals surface area contributed by atoms with E-state index in [2.05, 4.69) is 10.4 Å². The third kappa shape index (κ3) is 1.78. The van der Waals surface area contributed by atoms with Crippen LogP contribution in [0, 0.1) is 9.62 Å². The first kappa shape index (κ1) is 11.2. The predicted octanol–water partition coefficient (Wildman–Crippen LogP) is 1.21. The van der Waals surface area contributed by atoms with E-state index in [0.29, 0.717) is 27.4 Å². The molecular formula is C11H12IN3O2. The lowest BCUT2D eigenvalue weighted by Gasteiger charge is -2.24. The number of carbonyl (C=O) groups is 2. The largest absolute Gasteiger partial charge is 0.346 e. The number of Topliss-reactive ketones (excluding diaryl/α,β-unsaturated/α-hetero) is 1. The molecule has 1 unspecified atom stereocenters. The van der Waals surface area contributed by atoms with Crippen molar-refractivity contribution in [2.24, 2.45) is 5.92 Å². The molecule has 0 bridgehead atoms. The number of ketones is 1. The highest BCUT2D eigenvalue weighted by molar-refractivity contribution is 14.1. The number of aromatic nitrogens is 2. The van der Waals surface area contributed by atoms with Gasteiger partial charge in [0, 0.05) is 0 Å². The average molecular weight is 345 g/mol. The smallest absolute Gasteiger partial charge is 0.270 e. The van der Waals surface area contributed by atoms with Crippen LogP contribution in [0.2, 0.25) is 0 Å². The molecule has 0 spiro atoms. The fraction of sp³-hybridized carbons (Fsp3) is 0.545. The fourth-order valence-corrected chi connectivity index (χ4v) is 3.24. The van der Waals surface area contributed by atoms with E-state index in [0.717, 1.165) is 0 Å². The normalized spacial score (nSPS) is 23.2. The van der Waals surface area contributed by atoms with Crippen molar-refractivity contribution >= 4 is 34.3 Å². The summed E-state index contributed by atoms with van der Waals surface area (Å²) in [6.07, 6.45) is 2.36. The summed E-state index contributed by atoms with van der Waals surface area (Å²) in [6.45, 7) is 2.16. The van der Waals surface area contributed by atoms with Crippen LogP contribution in [0.15, 0.2) is 0 Å². The molecule has 2 heterocycles. The zero-order valence-corrected chi connectivity index (χ0v) is 11.5. The number of amides is 1. The maximum atomic E-state index is 12.0. The van der Waals surface area contributed by atoms with E-state index in [4.69, 9.17) is 0 Å². The lowest BCUT2D eigenvalue weighted by molar-refractivity contribution is 0.0878. The number of hydrogen-bond donors (Lipinski definition) is 1. The van der Waals surface area contributed by atoms with Crippen molar-refractivity contribution in [3.05, 3.63) is 15.0 Å². The standard InChI is InChI=1S/C11H12IN3O2/c1-5(16)8-9-11(17)13-7(6-2-3-6)4-15(9)14-10(8)12/h6-7H,2-4H2,1H3,(H,13,17). The molecular weight excluding hydrogens is 333 g/mol. The minimum Gasteiger partial charge on any atom is -0.346 e. The Morgan fingerprint density at radius 2 is 2.24 bits per heavy atom. The van der Waals surface area contributed by atoms with E-state index in [1.54, 1.807) is 4.68 Å². The van der Waals surface area contributed by atoms with Crippen LogP contribution in [0.25, 0.3) is 0 Å². The van der Waals surface area contributed by atoms with Gasteiger partial charge in [0.15, 0.2) is 5.78 Å². The van der Waals surface area contributed by atoms with Crippen LogP contribution in [0.5, 0.6) is 0 Å². The van der Waals surface area contributed by atoms with Crippen molar-refractivity contribution in [1.29, 1.82) is 0 Å². The van der Waals surface area contributed by atoms with Crippen molar-refractivity contribution in [1.82, 2.24) is 15.1 Å². The van der Waals surface area contributed by atoms with E-state index >= 15 is 0 Å². The molecule has 1 N–H and O–H groups in total. The summed E-state index contributed by atoms with van der Waals surface area (Å²) in [5, 5.41) is 7.29. The number of nitrogens with one attached hydrogen (secondary N) is 1. The molecule has 1 aromatic rings. The molecule has 1 atom stereocenters. The first-order valence-electron chi connectivity index (χ1n) is 5.66. The van der Waals surface area contributed by atoms with E-state index in [-0.39, 0.29) is 17.7 Å². The third-order valence-corrected chi connectivity index (χ3v) is 4.11. The molecule has 0 saturated heterocycles. The Morgan fingerprint density at radius 1 is 1.53 bits per heavy atom. The number of halogens is 1. The maximum absolute atomic E-state index is 12.0. The highest BCUT2D eigenvalue weighted by Crippen LogP contribution is 2.35. The summed E-state index contributed by atoms with van der Waals surface area (Å²) < 4.78 is 2.32. The number of hydrogen-bond acceptors (Lipinski definition) is 3. The molecule has 1 saturated carbocycles. The Bertz CT molecular complexity index is 519. The van der Waals surface area contributed by atoms with E-state index in [1.807, 2.05) is 22.6 Å². The molecule has 6 heteroatoms. The van der Waals surface area contributed by atoms with Crippen LogP contribution in [0.1, 0.15) is 40.6 Å². The Morgan fingerprint density at radius 3 is 2.82 bits per heavy atom. The lowest BCUT2D eigenvalue weighted by atomic mass is 10.1. The van der Waals surface area contributed by atoms with Crippen LogP contribution >= 0.6 is 22.6 Å². The minimum absolute atomic E-state index is 0.101. The lowest BCUT2D eigenvalue weighted by Crippen LogP contribution is -2.46. The molecule has 1 amide bonds. The van der Waals surface area contributed by atoms with Gasteiger partial charge >= 0.3 is 0 Å². The van der Waals surface area contributed by atoms with Crippen molar-refractivity contribution < 1.29 is 9.59 Å². The Labute approximate surface area is 112 Å². The van der Waals surface area contributed by atoms with Crippen LogP contribution in [-0.2, 0) is 6.54 Å². The van der Waals surface area contributed by atoms with Gasteiger partial charge in [0.05, 0.1) is 18.2 Å². The number of rotatable bonds is 2. The second-order valence-electron chi connectivity index (χ2n) is 4.67. The van der Waals surface area contributed by atoms with Crippen LogP contribution < -0.4 is 5.32 Å². The molecule has 5 nitrogen and oxygen atoms in total. The SMILES string of the molecule is CC(=O)c1c(I)nn2c1C(=O)NC(C1CC1)C2. The zero-order chi connectivity index (χ0) is 12.2. The Hall–Kier alpha value is -0.920. The summed E-state index contributed by atoms with van der Waals surface area (Å²) in [6, 6.07) is 0.186. The van der Waals surface area contributed by atoms with Crippen molar-refractivity contribution in [2.45, 2.75) is 32.4 Å². The second-order valence-corrected chi connectivity index (χ2v) is 5.69. The maximum Gasteiger partial charge on any atom is 0.270 e. The highest BCUT2D eigenvalue weighted by Gasteiger charge is 2.38. The van der Waals surface area contributed by atoms with E-state index < -0.39 is 0 Å². The van der Waals surface area contributed by atoms with Gasteiger partial charge in [0.1, 0.15) is 9.39 Å². The molecule has 3 rings (SSSR count). The van der Waals surface area contributed by atoms with Crippen molar-refractivity contribution in [3.8, 4) is 0 Å². The number of nitrogens with zero attached hydrogens (tertiary/aromatic N) is 2. The molecule has 2 aliphatic rings. The summed E-state index contributed by atoms with van der Waals surface area (Å²) in [7, 11) is 0. The van der Waals surface area contributed by atoms with E-state index in [9.17, 15) is 9.59 Å². The molecule has 1 aliphatic carbocycles. The molecule has 1 fully saturated rings. The molecule has 1 aliphatic heterocycles. The van der Waals surface area contributed by atoms with Gasteiger partial charge in [0.25, 0.3) is 5.91 Å². The van der Waals surface area contributed by atoms with E-state index in [1.165, 1.54) is 19.8 Å². The molecule has 0 aromatic carbocycles. The summed E-state index contributed by atoms with van der Waals surface area (Å²) in [5.74, 6) is 0.333. The Kier molecular flexibility index (Phi) is 2.49. The monoisotopic (exact) mass is 345 g/mol. The van der Waals surface area contributed by atoms with Crippen molar-refractivity contribution in [3.63, 3.8) is 0 Å². The zero-order valence-electron chi connectivity index (χ0n) is 9.36. The summed E-state index contributed by atoms with van der Waals surface area (Å²) in [4.78, 5) is 23.6.